The van der Waals surface area contributed by atoms with Gasteiger partial charge in [-0.25, -0.2) is 4.98 Å². The summed E-state index contributed by atoms with van der Waals surface area (Å²) >= 11 is 0. The molecule has 0 spiro atoms. The number of fused-ring (bicyclic) bond motifs is 3. The number of nitrogen functional groups attached to an aromatic ring is 1. The van der Waals surface area contributed by atoms with Gasteiger partial charge >= 0.3 is 0 Å². The normalized spacial score (nSPS) is 23.1. The van der Waals surface area contributed by atoms with E-state index in [1.807, 2.05) is 0 Å². The Bertz CT molecular complexity index is 507. The number of hydrogen-bond acceptors (Lipinski definition) is 4. The largest absolute Gasteiger partial charge is 0.369 e. The molecule has 6 nitrogen and oxygen atoms in total. The summed E-state index contributed by atoms with van der Waals surface area (Å²) in [4.78, 5) is 31.5. The molecule has 2 aliphatic rings. The van der Waals surface area contributed by atoms with E-state index >= 15 is 0 Å². The first-order valence-electron chi connectivity index (χ1n) is 4.89. The van der Waals surface area contributed by atoms with E-state index in [1.54, 1.807) is 4.90 Å². The molecular weight excluding hydrogens is 196 g/mol. The molecule has 2 aliphatic heterocycles. The lowest BCUT2D eigenvalue weighted by molar-refractivity contribution is 0.0774. The van der Waals surface area contributed by atoms with Gasteiger partial charge in [0.2, 0.25) is 5.95 Å². The Balaban J connectivity index is 2.28. The number of rotatable bonds is 0. The molecule has 3 rings (SSSR count). The van der Waals surface area contributed by atoms with Crippen molar-refractivity contribution in [2.75, 3.05) is 12.3 Å². The van der Waals surface area contributed by atoms with Crippen LogP contribution < -0.4 is 11.3 Å². The van der Waals surface area contributed by atoms with E-state index in [1.165, 1.54) is 0 Å². The number of carbonyl (C=O) groups is 1. The Hall–Kier alpha value is -1.85. The van der Waals surface area contributed by atoms with Gasteiger partial charge in [-0.05, 0) is 12.8 Å². The molecule has 1 atom stereocenters. The van der Waals surface area contributed by atoms with Gasteiger partial charge in [0.25, 0.3) is 11.5 Å². The van der Waals surface area contributed by atoms with Gasteiger partial charge < -0.3 is 10.6 Å². The smallest absolute Gasteiger partial charge is 0.265 e. The lowest BCUT2D eigenvalue weighted by atomic mass is 10.1. The van der Waals surface area contributed by atoms with Crippen molar-refractivity contribution in [3.05, 3.63) is 21.6 Å². The van der Waals surface area contributed by atoms with Crippen molar-refractivity contribution in [2.45, 2.75) is 18.9 Å². The van der Waals surface area contributed by atoms with Gasteiger partial charge in [0.15, 0.2) is 0 Å². The number of nitrogens with one attached hydrogen (secondary N) is 1. The van der Waals surface area contributed by atoms with Gasteiger partial charge in [-0.2, -0.15) is 0 Å². The first kappa shape index (κ1) is 8.46. The highest BCUT2D eigenvalue weighted by atomic mass is 16.2. The third kappa shape index (κ3) is 0.958. The molecule has 6 heteroatoms. The summed E-state index contributed by atoms with van der Waals surface area (Å²) in [6.45, 7) is 0.708. The van der Waals surface area contributed by atoms with Crippen LogP contribution in [-0.4, -0.2) is 27.3 Å². The second kappa shape index (κ2) is 2.59. The summed E-state index contributed by atoms with van der Waals surface area (Å²) in [5.74, 6) is -0.124. The molecule has 0 aliphatic carbocycles. The summed E-state index contributed by atoms with van der Waals surface area (Å²) in [7, 11) is 0. The van der Waals surface area contributed by atoms with Crippen molar-refractivity contribution >= 4 is 11.9 Å². The van der Waals surface area contributed by atoms with Crippen molar-refractivity contribution in [3.63, 3.8) is 0 Å². The Kier molecular flexibility index (Phi) is 1.46. The number of aromatic amines is 1. The Morgan fingerprint density at radius 2 is 2.27 bits per heavy atom. The maximum Gasteiger partial charge on any atom is 0.265 e. The summed E-state index contributed by atoms with van der Waals surface area (Å²) in [5, 5.41) is 0. The molecule has 15 heavy (non-hydrogen) atoms. The van der Waals surface area contributed by atoms with Gasteiger partial charge in [-0.3, -0.25) is 14.6 Å². The molecule has 1 saturated heterocycles. The third-order valence-electron chi connectivity index (χ3n) is 3.01. The number of carbonyl (C=O) groups excluding carboxylic acids is 1. The molecule has 0 saturated carbocycles. The summed E-state index contributed by atoms with van der Waals surface area (Å²) in [6.07, 6.45) is 1.83. The molecule has 1 unspecified atom stereocenters. The van der Waals surface area contributed by atoms with Crippen molar-refractivity contribution < 1.29 is 4.79 Å². The summed E-state index contributed by atoms with van der Waals surface area (Å²) < 4.78 is 0. The third-order valence-corrected chi connectivity index (χ3v) is 3.01. The second-order valence-corrected chi connectivity index (χ2v) is 3.87. The van der Waals surface area contributed by atoms with Crippen molar-refractivity contribution in [1.82, 2.24) is 14.9 Å². The highest BCUT2D eigenvalue weighted by molar-refractivity contribution is 5.98. The number of amides is 1. The lowest BCUT2D eigenvalue weighted by Gasteiger charge is -2.13. The van der Waals surface area contributed by atoms with Crippen LogP contribution in [0.4, 0.5) is 5.95 Å². The zero-order valence-electron chi connectivity index (χ0n) is 7.99. The monoisotopic (exact) mass is 206 g/mol. The van der Waals surface area contributed by atoms with Gasteiger partial charge in [0.05, 0.1) is 11.7 Å². The quantitative estimate of drug-likeness (QED) is 0.606. The molecule has 0 aromatic carbocycles. The Morgan fingerprint density at radius 3 is 3.07 bits per heavy atom. The maximum atomic E-state index is 11.8. The molecule has 1 aromatic heterocycles. The first-order chi connectivity index (χ1) is 7.18. The maximum absolute atomic E-state index is 11.8. The number of anilines is 1. The topological polar surface area (TPSA) is 92.1 Å². The fourth-order valence-corrected chi connectivity index (χ4v) is 2.39. The van der Waals surface area contributed by atoms with Crippen LogP contribution in [0.5, 0.6) is 0 Å². The van der Waals surface area contributed by atoms with E-state index in [0.717, 1.165) is 12.8 Å². The number of H-pyrrole nitrogens is 1. The summed E-state index contributed by atoms with van der Waals surface area (Å²) in [6, 6.07) is -0.0305. The lowest BCUT2D eigenvalue weighted by Crippen LogP contribution is -2.26. The minimum Gasteiger partial charge on any atom is -0.369 e. The summed E-state index contributed by atoms with van der Waals surface area (Å²) in [5.41, 5.74) is 5.77. The van der Waals surface area contributed by atoms with Crippen LogP contribution in [0, 0.1) is 0 Å². The van der Waals surface area contributed by atoms with Crippen LogP contribution >= 0.6 is 0 Å². The molecule has 0 radical (unpaired) electrons. The van der Waals surface area contributed by atoms with Crippen molar-refractivity contribution in [3.8, 4) is 0 Å². The van der Waals surface area contributed by atoms with Gasteiger partial charge in [-0.1, -0.05) is 0 Å². The molecule has 0 bridgehead atoms. The van der Waals surface area contributed by atoms with Crippen molar-refractivity contribution in [1.29, 1.82) is 0 Å². The standard InChI is InChI=1S/C9H10N4O2/c10-9-11-6-4-2-1-3-13(4)8(15)5(6)7(14)12-9/h4H,1-3H2,(H3,10,11,12,14). The zero-order valence-corrected chi connectivity index (χ0v) is 7.99. The van der Waals surface area contributed by atoms with E-state index in [9.17, 15) is 9.59 Å². The van der Waals surface area contributed by atoms with Gasteiger partial charge in [0.1, 0.15) is 5.56 Å². The Labute approximate surface area is 85.1 Å². The van der Waals surface area contributed by atoms with E-state index < -0.39 is 5.56 Å². The minimum atomic E-state index is -0.420. The average molecular weight is 206 g/mol. The molecule has 1 aromatic rings. The van der Waals surface area contributed by atoms with Crippen LogP contribution in [0.15, 0.2) is 4.79 Å². The Morgan fingerprint density at radius 1 is 1.47 bits per heavy atom. The fourth-order valence-electron chi connectivity index (χ4n) is 2.39. The van der Waals surface area contributed by atoms with Crippen LogP contribution in [0.2, 0.25) is 0 Å². The number of aromatic nitrogens is 2. The first-order valence-corrected chi connectivity index (χ1v) is 4.89. The zero-order chi connectivity index (χ0) is 10.6. The fraction of sp³-hybridized carbons (Fsp3) is 0.444. The van der Waals surface area contributed by atoms with E-state index in [-0.39, 0.29) is 23.5 Å². The minimum absolute atomic E-state index is 0.0305. The van der Waals surface area contributed by atoms with Crippen molar-refractivity contribution in [2.24, 2.45) is 0 Å². The molecule has 3 heterocycles. The van der Waals surface area contributed by atoms with E-state index in [4.69, 9.17) is 5.73 Å². The number of nitrogens with two attached hydrogens (primary N) is 1. The SMILES string of the molecule is Nc1nc2c(c(=O)[nH]1)C(=O)N1CCCC21. The van der Waals surface area contributed by atoms with E-state index in [0.29, 0.717) is 12.2 Å². The highest BCUT2D eigenvalue weighted by Crippen LogP contribution is 2.38. The van der Waals surface area contributed by atoms with Crippen LogP contribution in [0.1, 0.15) is 34.9 Å². The van der Waals surface area contributed by atoms with Crippen LogP contribution in [-0.2, 0) is 0 Å². The predicted molar refractivity (Wildman–Crippen MR) is 52.3 cm³/mol. The van der Waals surface area contributed by atoms with Gasteiger partial charge in [-0.15, -0.1) is 0 Å². The predicted octanol–water partition coefficient (Wildman–Crippen LogP) is -0.357. The molecule has 78 valence electrons. The average Bonchev–Trinajstić information content (AvgIpc) is 2.70. The number of hydrogen-bond donors (Lipinski definition) is 2. The molecule has 1 amide bonds. The van der Waals surface area contributed by atoms with E-state index in [2.05, 4.69) is 9.97 Å². The van der Waals surface area contributed by atoms with Crippen LogP contribution in [0.25, 0.3) is 0 Å². The van der Waals surface area contributed by atoms with Gasteiger partial charge in [0, 0.05) is 6.54 Å². The number of nitrogens with zero attached hydrogens (tertiary/aromatic N) is 2. The second-order valence-electron chi connectivity index (χ2n) is 3.87. The molecule has 1 fully saturated rings. The molecular formula is C9H10N4O2. The van der Waals surface area contributed by atoms with Crippen LogP contribution in [0.3, 0.4) is 0 Å². The molecule has 3 N–H and O–H groups in total. The highest BCUT2D eigenvalue weighted by Gasteiger charge is 2.42.